The van der Waals surface area contributed by atoms with E-state index in [1.54, 1.807) is 43.3 Å². The molecule has 0 saturated carbocycles. The molecule has 1 aromatic carbocycles. The maximum atomic E-state index is 13.4. The summed E-state index contributed by atoms with van der Waals surface area (Å²) in [7, 11) is 4.46. The highest BCUT2D eigenvalue weighted by Gasteiger charge is 2.37. The summed E-state index contributed by atoms with van der Waals surface area (Å²) in [5.74, 6) is 1.36. The van der Waals surface area contributed by atoms with Gasteiger partial charge in [0.2, 0.25) is 0 Å². The van der Waals surface area contributed by atoms with Gasteiger partial charge in [-0.05, 0) is 24.5 Å². The zero-order valence-electron chi connectivity index (χ0n) is 18.1. The highest BCUT2D eigenvalue weighted by atomic mass is 32.2. The van der Waals surface area contributed by atoms with Crippen molar-refractivity contribution in [3.63, 3.8) is 0 Å². The number of aromatic amines is 1. The van der Waals surface area contributed by atoms with Crippen molar-refractivity contribution in [2.45, 2.75) is 24.9 Å². The first-order valence-electron chi connectivity index (χ1n) is 9.92. The number of H-pyrrole nitrogens is 1. The molecule has 0 saturated heterocycles. The molecule has 1 aliphatic heterocycles. The average molecular weight is 449 g/mol. The first-order valence-corrected chi connectivity index (χ1v) is 11.3. The molecule has 0 radical (unpaired) electrons. The lowest BCUT2D eigenvalue weighted by molar-refractivity contribution is -0.142. The quantitative estimate of drug-likeness (QED) is 0.597. The number of hydrogen-bond donors (Lipinski definition) is 2. The summed E-state index contributed by atoms with van der Waals surface area (Å²) in [6.45, 7) is 0.447. The van der Waals surface area contributed by atoms with E-state index in [0.717, 1.165) is 22.7 Å². The van der Waals surface area contributed by atoms with Crippen LogP contribution >= 0.6 is 11.8 Å². The first kappa shape index (κ1) is 22.8. The van der Waals surface area contributed by atoms with Crippen LogP contribution in [0.5, 0.6) is 11.5 Å². The van der Waals surface area contributed by atoms with Crippen molar-refractivity contribution in [3.8, 4) is 11.5 Å². The fourth-order valence-corrected chi connectivity index (χ4v) is 4.27. The molecule has 0 aliphatic carbocycles. The highest BCUT2D eigenvalue weighted by Crippen LogP contribution is 2.42. The number of carbonyl (C=O) groups excluding carboxylic acids is 2. The molecule has 1 aromatic heterocycles. The second-order valence-corrected chi connectivity index (χ2v) is 7.99. The fraction of sp³-hybridized carbons (Fsp3) is 0.476. The van der Waals surface area contributed by atoms with Gasteiger partial charge in [0.1, 0.15) is 12.1 Å². The molecule has 10 heteroatoms. The molecule has 168 valence electrons. The molecule has 31 heavy (non-hydrogen) atoms. The lowest BCUT2D eigenvalue weighted by atomic mass is 9.94. The van der Waals surface area contributed by atoms with E-state index in [4.69, 9.17) is 14.2 Å². The molecule has 2 N–H and O–H groups in total. The number of fused-ring (bicyclic) bond motifs is 1. The van der Waals surface area contributed by atoms with Gasteiger partial charge in [-0.2, -0.15) is 11.8 Å². The van der Waals surface area contributed by atoms with Crippen LogP contribution in [-0.2, 0) is 16.0 Å². The van der Waals surface area contributed by atoms with Crippen LogP contribution in [-0.4, -0.2) is 72.8 Å². The fourth-order valence-electron chi connectivity index (χ4n) is 3.80. The zero-order valence-corrected chi connectivity index (χ0v) is 19.0. The third kappa shape index (κ3) is 4.73. The highest BCUT2D eigenvalue weighted by molar-refractivity contribution is 7.98. The Labute approximate surface area is 185 Å². The van der Waals surface area contributed by atoms with Crippen molar-refractivity contribution in [3.05, 3.63) is 41.5 Å². The molecule has 9 nitrogen and oxygen atoms in total. The van der Waals surface area contributed by atoms with Gasteiger partial charge < -0.3 is 29.4 Å². The maximum absolute atomic E-state index is 13.4. The number of thioether (sulfide) groups is 1. The van der Waals surface area contributed by atoms with Gasteiger partial charge in [0.25, 0.3) is 0 Å². The van der Waals surface area contributed by atoms with Gasteiger partial charge in [0, 0.05) is 24.2 Å². The lowest BCUT2D eigenvalue weighted by Gasteiger charge is -2.36. The molecule has 2 heterocycles. The van der Waals surface area contributed by atoms with Crippen molar-refractivity contribution in [2.24, 2.45) is 0 Å². The van der Waals surface area contributed by atoms with E-state index in [-0.39, 0.29) is 6.03 Å². The summed E-state index contributed by atoms with van der Waals surface area (Å²) in [6, 6.07) is 3.96. The average Bonchev–Trinajstić information content (AvgIpc) is 3.28. The van der Waals surface area contributed by atoms with E-state index in [0.29, 0.717) is 30.9 Å². The summed E-state index contributed by atoms with van der Waals surface area (Å²) < 4.78 is 16.0. The summed E-state index contributed by atoms with van der Waals surface area (Å²) in [5, 5.41) is 2.85. The Bertz CT molecular complexity index is 919. The van der Waals surface area contributed by atoms with Crippen LogP contribution in [0.4, 0.5) is 4.79 Å². The van der Waals surface area contributed by atoms with Gasteiger partial charge >= 0.3 is 12.0 Å². The number of methoxy groups -OCH3 is 3. The van der Waals surface area contributed by atoms with E-state index >= 15 is 0 Å². The predicted molar refractivity (Wildman–Crippen MR) is 118 cm³/mol. The number of hydrogen-bond acceptors (Lipinski definition) is 7. The Morgan fingerprint density at radius 3 is 2.81 bits per heavy atom. The molecule has 3 rings (SSSR count). The van der Waals surface area contributed by atoms with Gasteiger partial charge in [-0.1, -0.05) is 12.1 Å². The lowest BCUT2D eigenvalue weighted by Crippen LogP contribution is -2.51. The summed E-state index contributed by atoms with van der Waals surface area (Å²) >= 11 is 1.60. The van der Waals surface area contributed by atoms with Gasteiger partial charge in [-0.3, -0.25) is 0 Å². The number of aromatic nitrogens is 2. The molecule has 2 amide bonds. The van der Waals surface area contributed by atoms with Crippen LogP contribution in [0.15, 0.2) is 24.5 Å². The Kier molecular flexibility index (Phi) is 7.67. The van der Waals surface area contributed by atoms with Gasteiger partial charge in [-0.25, -0.2) is 14.6 Å². The minimum absolute atomic E-state index is 0.361. The number of imidazole rings is 1. The number of nitrogens with zero attached hydrogens (tertiary/aromatic N) is 2. The predicted octanol–water partition coefficient (Wildman–Crippen LogP) is 2.38. The number of ether oxygens (including phenoxy) is 3. The molecular weight excluding hydrogens is 420 g/mol. The second-order valence-electron chi connectivity index (χ2n) is 7.00. The van der Waals surface area contributed by atoms with Crippen molar-refractivity contribution in [1.82, 2.24) is 20.2 Å². The van der Waals surface area contributed by atoms with Gasteiger partial charge in [-0.15, -0.1) is 0 Å². The van der Waals surface area contributed by atoms with E-state index in [1.165, 1.54) is 7.11 Å². The van der Waals surface area contributed by atoms with Crippen LogP contribution in [0.1, 0.15) is 29.4 Å². The molecule has 0 bridgehead atoms. The molecule has 0 fully saturated rings. The van der Waals surface area contributed by atoms with Crippen molar-refractivity contribution < 1.29 is 23.8 Å². The third-order valence-corrected chi connectivity index (χ3v) is 5.95. The van der Waals surface area contributed by atoms with E-state index in [2.05, 4.69) is 15.3 Å². The van der Waals surface area contributed by atoms with Crippen LogP contribution in [0.25, 0.3) is 0 Å². The minimum Gasteiger partial charge on any atom is -0.493 e. The number of benzene rings is 1. The Morgan fingerprint density at radius 2 is 2.13 bits per heavy atom. The smallest absolute Gasteiger partial charge is 0.328 e. The number of carbonyl (C=O) groups is 2. The molecule has 1 aliphatic rings. The molecule has 2 atom stereocenters. The monoisotopic (exact) mass is 448 g/mol. The Balaban J connectivity index is 1.98. The molecule has 0 spiro atoms. The Morgan fingerprint density at radius 1 is 1.32 bits per heavy atom. The Hall–Kier alpha value is -2.88. The number of nitrogens with one attached hydrogen (secondary N) is 2. The van der Waals surface area contributed by atoms with Crippen LogP contribution in [0.3, 0.4) is 0 Å². The SMILES string of the molecule is COC(=O)[C@H](CCSC)NC(=O)N1CCc2[nH]cnc2C1c1cccc(OC)c1OC. The van der Waals surface area contributed by atoms with E-state index < -0.39 is 18.1 Å². The number of para-hydroxylation sites is 1. The first-order chi connectivity index (χ1) is 15.0. The summed E-state index contributed by atoms with van der Waals surface area (Å²) in [6.07, 6.45) is 4.68. The van der Waals surface area contributed by atoms with Crippen LogP contribution in [0, 0.1) is 0 Å². The van der Waals surface area contributed by atoms with Crippen molar-refractivity contribution in [1.29, 1.82) is 0 Å². The largest absolute Gasteiger partial charge is 0.493 e. The number of esters is 1. The number of amides is 2. The maximum Gasteiger partial charge on any atom is 0.328 e. The van der Waals surface area contributed by atoms with Crippen molar-refractivity contribution >= 4 is 23.8 Å². The molecule has 1 unspecified atom stereocenters. The second kappa shape index (κ2) is 10.4. The zero-order chi connectivity index (χ0) is 22.4. The van der Waals surface area contributed by atoms with E-state index in [1.807, 2.05) is 18.4 Å². The topological polar surface area (TPSA) is 106 Å². The molecule has 2 aromatic rings. The third-order valence-electron chi connectivity index (χ3n) is 5.31. The minimum atomic E-state index is -0.724. The standard InChI is InChI=1S/C21H28N4O5S/c1-28-16-7-5-6-13(19(16)29-2)18-17-14(22-12-23-17)8-10-25(18)21(27)24-15(9-11-31-4)20(26)30-3/h5-7,12,15,18H,8-11H2,1-4H3,(H,22,23)(H,24,27)/t15-,18?/m0/s1. The van der Waals surface area contributed by atoms with Crippen LogP contribution < -0.4 is 14.8 Å². The van der Waals surface area contributed by atoms with Gasteiger partial charge in [0.15, 0.2) is 11.5 Å². The van der Waals surface area contributed by atoms with Crippen LogP contribution in [0.2, 0.25) is 0 Å². The number of urea groups is 1. The number of rotatable bonds is 8. The van der Waals surface area contributed by atoms with E-state index in [9.17, 15) is 9.59 Å². The normalized spacial score (nSPS) is 16.3. The van der Waals surface area contributed by atoms with Crippen molar-refractivity contribution in [2.75, 3.05) is 39.9 Å². The summed E-state index contributed by atoms with van der Waals surface area (Å²) in [5.41, 5.74) is 2.46. The van der Waals surface area contributed by atoms with Gasteiger partial charge in [0.05, 0.1) is 33.4 Å². The summed E-state index contributed by atoms with van der Waals surface area (Å²) in [4.78, 5) is 34.9. The molecular formula is C21H28N4O5S.